The molecule has 8 heteroatoms. The average Bonchev–Trinajstić information content (AvgIpc) is 2.96. The first-order valence-electron chi connectivity index (χ1n) is 6.64. The number of anilines is 1. The third kappa shape index (κ3) is 2.50. The third-order valence-electron chi connectivity index (χ3n) is 3.24. The van der Waals surface area contributed by atoms with Gasteiger partial charge in [-0.1, -0.05) is 17.7 Å². The van der Waals surface area contributed by atoms with Gasteiger partial charge in [0.05, 0.1) is 11.6 Å². The van der Waals surface area contributed by atoms with Crippen LogP contribution < -0.4 is 10.1 Å². The smallest absolute Gasteiger partial charge is 0.352 e. The van der Waals surface area contributed by atoms with E-state index in [1.807, 2.05) is 13.0 Å². The van der Waals surface area contributed by atoms with Gasteiger partial charge in [-0.15, -0.1) is 0 Å². The summed E-state index contributed by atoms with van der Waals surface area (Å²) in [5.41, 5.74) is 0.843. The highest BCUT2D eigenvalue weighted by atomic mass is 35.5. The molecule has 1 aliphatic rings. The van der Waals surface area contributed by atoms with Crippen molar-refractivity contribution in [2.24, 2.45) is 0 Å². The van der Waals surface area contributed by atoms with Crippen molar-refractivity contribution in [2.75, 3.05) is 11.9 Å². The van der Waals surface area contributed by atoms with Crippen molar-refractivity contribution >= 4 is 23.5 Å². The van der Waals surface area contributed by atoms with E-state index < -0.39 is 12.0 Å². The zero-order chi connectivity index (χ0) is 15.7. The van der Waals surface area contributed by atoms with E-state index in [1.165, 1.54) is 6.33 Å². The van der Waals surface area contributed by atoms with E-state index in [9.17, 15) is 9.90 Å². The van der Waals surface area contributed by atoms with Gasteiger partial charge < -0.3 is 15.2 Å². The molecule has 0 amide bonds. The van der Waals surface area contributed by atoms with E-state index in [0.717, 1.165) is 5.56 Å². The molecule has 0 saturated heterocycles. The van der Waals surface area contributed by atoms with E-state index in [4.69, 9.17) is 16.3 Å². The maximum atomic E-state index is 11.2. The summed E-state index contributed by atoms with van der Waals surface area (Å²) in [6, 6.07) is 4.92. The molecule has 114 valence electrons. The largest absolute Gasteiger partial charge is 0.492 e. The van der Waals surface area contributed by atoms with Crippen LogP contribution in [0.25, 0.3) is 0 Å². The van der Waals surface area contributed by atoms with Crippen LogP contribution in [-0.4, -0.2) is 32.4 Å². The number of carboxylic acids is 1. The minimum absolute atomic E-state index is 0.0514. The molecule has 2 aromatic rings. The summed E-state index contributed by atoms with van der Waals surface area (Å²) >= 11 is 6.20. The van der Waals surface area contributed by atoms with Crippen molar-refractivity contribution < 1.29 is 14.6 Å². The molecule has 1 aliphatic heterocycles. The van der Waals surface area contributed by atoms with Crippen molar-refractivity contribution in [1.82, 2.24) is 14.8 Å². The molecule has 2 N–H and O–H groups in total. The Kier molecular flexibility index (Phi) is 3.72. The van der Waals surface area contributed by atoms with Crippen LogP contribution in [0.2, 0.25) is 5.02 Å². The fourth-order valence-electron chi connectivity index (χ4n) is 2.27. The number of ether oxygens (including phenoxy) is 1. The Labute approximate surface area is 131 Å². The second kappa shape index (κ2) is 5.69. The molecule has 0 radical (unpaired) electrons. The SMILES string of the molecule is CCOc1ccc([C@H]2C=C(C(=O)O)Nc3ncnn32)cc1Cl. The second-order valence-corrected chi connectivity index (χ2v) is 5.01. The minimum atomic E-state index is -1.06. The van der Waals surface area contributed by atoms with Crippen LogP contribution in [0.5, 0.6) is 5.75 Å². The minimum Gasteiger partial charge on any atom is -0.492 e. The van der Waals surface area contributed by atoms with Gasteiger partial charge in [0.1, 0.15) is 23.8 Å². The van der Waals surface area contributed by atoms with Crippen molar-refractivity contribution in [3.8, 4) is 5.75 Å². The van der Waals surface area contributed by atoms with Gasteiger partial charge in [-0.05, 0) is 30.7 Å². The maximum absolute atomic E-state index is 11.2. The summed E-state index contributed by atoms with van der Waals surface area (Å²) in [5.74, 6) is -0.103. The summed E-state index contributed by atoms with van der Waals surface area (Å²) in [6.45, 7) is 2.39. The Balaban J connectivity index is 2.03. The molecule has 0 spiro atoms. The van der Waals surface area contributed by atoms with Crippen molar-refractivity contribution in [3.63, 3.8) is 0 Å². The molecule has 0 bridgehead atoms. The third-order valence-corrected chi connectivity index (χ3v) is 3.53. The van der Waals surface area contributed by atoms with Crippen LogP contribution in [-0.2, 0) is 4.79 Å². The average molecular weight is 321 g/mol. The van der Waals surface area contributed by atoms with E-state index in [-0.39, 0.29) is 5.70 Å². The number of aromatic nitrogens is 3. The van der Waals surface area contributed by atoms with Crippen molar-refractivity contribution in [3.05, 3.63) is 46.9 Å². The first kappa shape index (κ1) is 14.4. The topological polar surface area (TPSA) is 89.3 Å². The Bertz CT molecular complexity index is 756. The number of benzene rings is 1. The lowest BCUT2D eigenvalue weighted by atomic mass is 10.0. The molecule has 1 atom stereocenters. The molecular weight excluding hydrogens is 308 g/mol. The number of carbonyl (C=O) groups is 1. The molecule has 0 unspecified atom stereocenters. The number of aliphatic carboxylic acids is 1. The number of hydrogen-bond acceptors (Lipinski definition) is 5. The Morgan fingerprint density at radius 3 is 3.05 bits per heavy atom. The molecule has 0 fully saturated rings. The standard InChI is InChI=1S/C14H13ClN4O3/c1-2-22-12-4-3-8(5-9(12)15)11-6-10(13(20)21)18-14-16-7-17-19(11)14/h3-7,11H,2H2,1H3,(H,20,21)(H,16,17,18)/t11-/m1/s1. The molecule has 1 aromatic heterocycles. The first-order valence-corrected chi connectivity index (χ1v) is 7.02. The Morgan fingerprint density at radius 1 is 1.55 bits per heavy atom. The number of carboxylic acid groups (broad SMARTS) is 1. The number of rotatable bonds is 4. The lowest BCUT2D eigenvalue weighted by Gasteiger charge is -2.22. The molecule has 22 heavy (non-hydrogen) atoms. The molecule has 2 heterocycles. The van der Waals surface area contributed by atoms with E-state index in [2.05, 4.69) is 15.4 Å². The van der Waals surface area contributed by atoms with Gasteiger partial charge in [0.15, 0.2) is 0 Å². The zero-order valence-corrected chi connectivity index (χ0v) is 12.4. The highest BCUT2D eigenvalue weighted by molar-refractivity contribution is 6.32. The van der Waals surface area contributed by atoms with Crippen LogP contribution >= 0.6 is 11.6 Å². The number of nitrogens with one attached hydrogen (secondary N) is 1. The summed E-state index contributed by atoms with van der Waals surface area (Å²) in [7, 11) is 0. The van der Waals surface area contributed by atoms with Gasteiger partial charge in [-0.2, -0.15) is 10.1 Å². The normalized spacial score (nSPS) is 16.5. The van der Waals surface area contributed by atoms with Crippen molar-refractivity contribution in [1.29, 1.82) is 0 Å². The first-order chi connectivity index (χ1) is 10.6. The van der Waals surface area contributed by atoms with Gasteiger partial charge in [0.25, 0.3) is 0 Å². The number of halogens is 1. The summed E-state index contributed by atoms with van der Waals surface area (Å²) in [6.07, 6.45) is 2.93. The molecule has 0 aliphatic carbocycles. The highest BCUT2D eigenvalue weighted by Crippen LogP contribution is 2.33. The number of hydrogen-bond donors (Lipinski definition) is 2. The van der Waals surface area contributed by atoms with Crippen LogP contribution in [0.4, 0.5) is 5.95 Å². The van der Waals surface area contributed by atoms with Gasteiger partial charge in [0, 0.05) is 0 Å². The Hall–Kier alpha value is -2.54. The van der Waals surface area contributed by atoms with Crippen LogP contribution in [0.15, 0.2) is 36.3 Å². The summed E-state index contributed by atoms with van der Waals surface area (Å²) in [4.78, 5) is 15.2. The predicted octanol–water partition coefficient (Wildman–Crippen LogP) is 2.31. The number of fused-ring (bicyclic) bond motifs is 1. The molecular formula is C14H13ClN4O3. The molecule has 7 nitrogen and oxygen atoms in total. The van der Waals surface area contributed by atoms with E-state index >= 15 is 0 Å². The molecule has 1 aromatic carbocycles. The monoisotopic (exact) mass is 320 g/mol. The fraction of sp³-hybridized carbons (Fsp3) is 0.214. The van der Waals surface area contributed by atoms with E-state index in [1.54, 1.807) is 22.9 Å². The fourth-order valence-corrected chi connectivity index (χ4v) is 2.51. The van der Waals surface area contributed by atoms with Gasteiger partial charge in [0.2, 0.25) is 5.95 Å². The van der Waals surface area contributed by atoms with Crippen LogP contribution in [0.1, 0.15) is 18.5 Å². The van der Waals surface area contributed by atoms with Gasteiger partial charge in [-0.25, -0.2) is 9.48 Å². The lowest BCUT2D eigenvalue weighted by Crippen LogP contribution is -2.24. The summed E-state index contributed by atoms with van der Waals surface area (Å²) in [5, 5.41) is 16.5. The quantitative estimate of drug-likeness (QED) is 0.898. The maximum Gasteiger partial charge on any atom is 0.352 e. The van der Waals surface area contributed by atoms with Gasteiger partial charge in [-0.3, -0.25) is 0 Å². The van der Waals surface area contributed by atoms with Crippen LogP contribution in [0.3, 0.4) is 0 Å². The van der Waals surface area contributed by atoms with Crippen molar-refractivity contribution in [2.45, 2.75) is 13.0 Å². The van der Waals surface area contributed by atoms with E-state index in [0.29, 0.717) is 23.3 Å². The Morgan fingerprint density at radius 2 is 2.36 bits per heavy atom. The molecule has 0 saturated carbocycles. The highest BCUT2D eigenvalue weighted by Gasteiger charge is 2.26. The second-order valence-electron chi connectivity index (χ2n) is 4.61. The summed E-state index contributed by atoms with van der Waals surface area (Å²) < 4.78 is 7.00. The lowest BCUT2D eigenvalue weighted by molar-refractivity contribution is -0.132. The molecule has 3 rings (SSSR count). The number of nitrogens with zero attached hydrogens (tertiary/aromatic N) is 3. The number of allylic oxidation sites excluding steroid dienone is 1. The van der Waals surface area contributed by atoms with Gasteiger partial charge >= 0.3 is 5.97 Å². The predicted molar refractivity (Wildman–Crippen MR) is 80.1 cm³/mol. The zero-order valence-electron chi connectivity index (χ0n) is 11.7. The van der Waals surface area contributed by atoms with Crippen LogP contribution in [0, 0.1) is 0 Å².